The van der Waals surface area contributed by atoms with Crippen molar-refractivity contribution in [3.05, 3.63) is 35.8 Å². The van der Waals surface area contributed by atoms with Crippen molar-refractivity contribution >= 4 is 11.7 Å². The van der Waals surface area contributed by atoms with Crippen LogP contribution >= 0.6 is 0 Å². The maximum Gasteiger partial charge on any atom is 0.219 e. The van der Waals surface area contributed by atoms with Crippen LogP contribution in [0.4, 0.5) is 5.82 Å². The van der Waals surface area contributed by atoms with Crippen LogP contribution < -0.4 is 5.32 Å². The van der Waals surface area contributed by atoms with E-state index in [0.717, 1.165) is 75.2 Å². The number of aliphatic hydroxyl groups excluding tert-OH is 1. The topological polar surface area (TPSA) is 91.2 Å². The van der Waals surface area contributed by atoms with Gasteiger partial charge in [0.1, 0.15) is 5.82 Å². The van der Waals surface area contributed by atoms with E-state index in [2.05, 4.69) is 10.3 Å². The van der Waals surface area contributed by atoms with Crippen LogP contribution in [0.1, 0.15) is 50.3 Å². The van der Waals surface area contributed by atoms with E-state index < -0.39 is 0 Å². The summed E-state index contributed by atoms with van der Waals surface area (Å²) >= 11 is 0. The molecule has 0 saturated carbocycles. The smallest absolute Gasteiger partial charge is 0.219 e. The van der Waals surface area contributed by atoms with Crippen molar-refractivity contribution in [2.75, 3.05) is 31.6 Å². The Hall–Kier alpha value is -2.54. The van der Waals surface area contributed by atoms with Crippen LogP contribution in [-0.2, 0) is 16.6 Å². The van der Waals surface area contributed by atoms with Gasteiger partial charge in [-0.25, -0.2) is 9.97 Å². The molecule has 1 spiro atoms. The number of likely N-dealkylation sites (tertiary alicyclic amines) is 1. The first-order valence-corrected chi connectivity index (χ1v) is 10.5. The molecule has 154 valence electrons. The molecule has 0 aromatic carbocycles. The highest BCUT2D eigenvalue weighted by Gasteiger charge is 2.45. The van der Waals surface area contributed by atoms with Crippen molar-refractivity contribution < 1.29 is 9.90 Å². The first-order valence-electron chi connectivity index (χ1n) is 10.5. The van der Waals surface area contributed by atoms with Gasteiger partial charge in [-0.3, -0.25) is 9.78 Å². The molecule has 7 nitrogen and oxygen atoms in total. The number of aliphatic hydroxyl groups is 1. The summed E-state index contributed by atoms with van der Waals surface area (Å²) in [6.45, 7) is 4.20. The van der Waals surface area contributed by atoms with Crippen LogP contribution in [0.5, 0.6) is 0 Å². The average molecular weight is 396 g/mol. The molecule has 1 aliphatic heterocycles. The molecule has 2 aliphatic rings. The van der Waals surface area contributed by atoms with Crippen molar-refractivity contribution in [2.24, 2.45) is 0 Å². The van der Waals surface area contributed by atoms with Gasteiger partial charge in [-0.05, 0) is 50.7 Å². The Labute approximate surface area is 171 Å². The molecule has 2 aromatic heterocycles. The van der Waals surface area contributed by atoms with Crippen LogP contribution in [0, 0.1) is 0 Å². The lowest BCUT2D eigenvalue weighted by Gasteiger charge is -2.40. The summed E-state index contributed by atoms with van der Waals surface area (Å²) in [4.78, 5) is 28.1. The number of carbonyl (C=O) groups is 1. The Balaban J connectivity index is 1.73. The minimum Gasteiger partial charge on any atom is -0.396 e. The van der Waals surface area contributed by atoms with Crippen molar-refractivity contribution in [3.8, 4) is 11.4 Å². The fourth-order valence-corrected chi connectivity index (χ4v) is 4.65. The molecule has 3 heterocycles. The Bertz CT molecular complexity index is 873. The van der Waals surface area contributed by atoms with Gasteiger partial charge in [0.2, 0.25) is 5.91 Å². The predicted molar refractivity (Wildman–Crippen MR) is 112 cm³/mol. The maximum atomic E-state index is 12.1. The molecule has 1 atom stereocenters. The third-order valence-electron chi connectivity index (χ3n) is 6.18. The molecule has 0 bridgehead atoms. The van der Waals surface area contributed by atoms with Gasteiger partial charge in [-0.15, -0.1) is 0 Å². The van der Waals surface area contributed by atoms with E-state index in [0.29, 0.717) is 5.82 Å². The van der Waals surface area contributed by atoms with Crippen LogP contribution in [0.15, 0.2) is 24.5 Å². The van der Waals surface area contributed by atoms with Crippen LogP contribution in [-0.4, -0.2) is 57.1 Å². The molecule has 1 aliphatic carbocycles. The molecule has 7 heteroatoms. The second-order valence-electron chi connectivity index (χ2n) is 8.15. The largest absolute Gasteiger partial charge is 0.396 e. The quantitative estimate of drug-likeness (QED) is 0.731. The number of carbonyl (C=O) groups excluding carboxylic acids is 1. The number of piperidine rings is 1. The standard InChI is InChI=1S/C22H29N5O2/c1-16(29)27-12-5-8-22(15-27)9-7-18-19(22)25-20(17-6-4-10-23-14-17)26-21(18)24-11-2-3-13-28/h4,6,10,14,28H,2-3,5,7-9,11-13,15H2,1H3,(H,24,25,26). The summed E-state index contributed by atoms with van der Waals surface area (Å²) in [6, 6.07) is 3.88. The number of nitrogens with zero attached hydrogens (tertiary/aromatic N) is 4. The SMILES string of the molecule is CC(=O)N1CCCC2(CCc3c(NCCCCO)nc(-c4cccnc4)nc32)C1. The number of hydrogen-bond acceptors (Lipinski definition) is 6. The van der Waals surface area contributed by atoms with Gasteiger partial charge in [0.25, 0.3) is 0 Å². The van der Waals surface area contributed by atoms with Crippen molar-refractivity contribution in [2.45, 2.75) is 50.9 Å². The number of hydrogen-bond donors (Lipinski definition) is 2. The summed E-state index contributed by atoms with van der Waals surface area (Å²) in [6.07, 6.45) is 9.19. The zero-order chi connectivity index (χ0) is 20.3. The van der Waals surface area contributed by atoms with Crippen molar-refractivity contribution in [1.82, 2.24) is 19.9 Å². The lowest BCUT2D eigenvalue weighted by atomic mass is 9.77. The number of unbranched alkanes of at least 4 members (excludes halogenated alkanes) is 1. The minimum atomic E-state index is -0.0827. The third kappa shape index (κ3) is 3.96. The Morgan fingerprint density at radius 1 is 1.31 bits per heavy atom. The molecule has 1 fully saturated rings. The summed E-state index contributed by atoms with van der Waals surface area (Å²) in [5.74, 6) is 1.72. The highest BCUT2D eigenvalue weighted by atomic mass is 16.2. The van der Waals surface area contributed by atoms with Gasteiger partial charge in [0, 0.05) is 62.1 Å². The summed E-state index contributed by atoms with van der Waals surface area (Å²) in [7, 11) is 0. The van der Waals surface area contributed by atoms with E-state index in [1.54, 1.807) is 19.3 Å². The fraction of sp³-hybridized carbons (Fsp3) is 0.545. The monoisotopic (exact) mass is 395 g/mol. The van der Waals surface area contributed by atoms with Gasteiger partial charge >= 0.3 is 0 Å². The number of aromatic nitrogens is 3. The first kappa shape index (κ1) is 19.8. The van der Waals surface area contributed by atoms with E-state index in [1.807, 2.05) is 17.0 Å². The zero-order valence-electron chi connectivity index (χ0n) is 17.0. The second-order valence-corrected chi connectivity index (χ2v) is 8.15. The molecule has 1 saturated heterocycles. The highest BCUT2D eigenvalue weighted by Crippen LogP contribution is 2.46. The minimum absolute atomic E-state index is 0.0827. The van der Waals surface area contributed by atoms with Crippen LogP contribution in [0.3, 0.4) is 0 Å². The Kier molecular flexibility index (Phi) is 5.76. The lowest BCUT2D eigenvalue weighted by Crippen LogP contribution is -2.47. The number of anilines is 1. The molecular weight excluding hydrogens is 366 g/mol. The third-order valence-corrected chi connectivity index (χ3v) is 6.18. The molecule has 1 unspecified atom stereocenters. The van der Waals surface area contributed by atoms with Gasteiger partial charge < -0.3 is 15.3 Å². The predicted octanol–water partition coefficient (Wildman–Crippen LogP) is 2.55. The Morgan fingerprint density at radius 2 is 2.21 bits per heavy atom. The second kappa shape index (κ2) is 8.45. The number of fused-ring (bicyclic) bond motifs is 2. The number of pyridine rings is 1. The number of nitrogens with one attached hydrogen (secondary N) is 1. The van der Waals surface area contributed by atoms with Crippen molar-refractivity contribution in [3.63, 3.8) is 0 Å². The van der Waals surface area contributed by atoms with E-state index in [9.17, 15) is 4.79 Å². The van der Waals surface area contributed by atoms with E-state index >= 15 is 0 Å². The summed E-state index contributed by atoms with van der Waals surface area (Å²) < 4.78 is 0. The van der Waals surface area contributed by atoms with Crippen LogP contribution in [0.2, 0.25) is 0 Å². The Morgan fingerprint density at radius 3 is 2.97 bits per heavy atom. The molecule has 1 amide bonds. The zero-order valence-corrected chi connectivity index (χ0v) is 17.0. The van der Waals surface area contributed by atoms with E-state index in [-0.39, 0.29) is 17.9 Å². The van der Waals surface area contributed by atoms with Gasteiger partial charge in [0.05, 0.1) is 5.69 Å². The van der Waals surface area contributed by atoms with Crippen molar-refractivity contribution in [1.29, 1.82) is 0 Å². The molecule has 29 heavy (non-hydrogen) atoms. The van der Waals surface area contributed by atoms with Gasteiger partial charge in [-0.2, -0.15) is 0 Å². The first-order chi connectivity index (χ1) is 14.1. The van der Waals surface area contributed by atoms with E-state index in [4.69, 9.17) is 15.1 Å². The molecule has 4 rings (SSSR count). The van der Waals surface area contributed by atoms with E-state index in [1.165, 1.54) is 5.56 Å². The molecule has 0 radical (unpaired) electrons. The molecule has 2 aromatic rings. The van der Waals surface area contributed by atoms with Crippen LogP contribution in [0.25, 0.3) is 11.4 Å². The molecule has 2 N–H and O–H groups in total. The van der Waals surface area contributed by atoms with Gasteiger partial charge in [-0.1, -0.05) is 0 Å². The average Bonchev–Trinajstić information content (AvgIpc) is 3.09. The maximum absolute atomic E-state index is 12.1. The number of amides is 1. The molecular formula is C22H29N5O2. The summed E-state index contributed by atoms with van der Waals surface area (Å²) in [5, 5.41) is 12.5. The lowest BCUT2D eigenvalue weighted by molar-refractivity contribution is -0.131. The summed E-state index contributed by atoms with van der Waals surface area (Å²) in [5.41, 5.74) is 3.10. The normalized spacial score (nSPS) is 20.7. The number of rotatable bonds is 6. The van der Waals surface area contributed by atoms with Gasteiger partial charge in [0.15, 0.2) is 5.82 Å². The fourth-order valence-electron chi connectivity index (χ4n) is 4.65. The highest BCUT2D eigenvalue weighted by molar-refractivity contribution is 5.73.